The maximum atomic E-state index is 11.9. The van der Waals surface area contributed by atoms with E-state index < -0.39 is 0 Å². The van der Waals surface area contributed by atoms with E-state index in [2.05, 4.69) is 5.32 Å². The molecular weight excluding hydrogens is 284 g/mol. The van der Waals surface area contributed by atoms with E-state index >= 15 is 0 Å². The monoisotopic (exact) mass is 304 g/mol. The van der Waals surface area contributed by atoms with Gasteiger partial charge in [0.05, 0.1) is 13.2 Å². The van der Waals surface area contributed by atoms with E-state index in [1.807, 2.05) is 11.0 Å². The summed E-state index contributed by atoms with van der Waals surface area (Å²) in [5, 5.41) is 2.86. The Kier molecular flexibility index (Phi) is 4.18. The second-order valence-electron chi connectivity index (χ2n) is 5.71. The number of carbonyl (C=O) groups is 2. The van der Waals surface area contributed by atoms with Gasteiger partial charge in [-0.15, -0.1) is 0 Å². The third-order valence-corrected chi connectivity index (χ3v) is 3.92. The van der Waals surface area contributed by atoms with Crippen molar-refractivity contribution in [2.45, 2.75) is 31.3 Å². The van der Waals surface area contributed by atoms with Gasteiger partial charge in [-0.1, -0.05) is 6.07 Å². The van der Waals surface area contributed by atoms with Crippen LogP contribution in [0.3, 0.4) is 0 Å². The van der Waals surface area contributed by atoms with E-state index in [9.17, 15) is 9.59 Å². The fourth-order valence-electron chi connectivity index (χ4n) is 2.68. The smallest absolute Gasteiger partial charge is 0.258 e. The number of hydrogen-bond acceptors (Lipinski definition) is 4. The van der Waals surface area contributed by atoms with E-state index in [0.29, 0.717) is 30.5 Å². The largest absolute Gasteiger partial charge is 0.497 e. The van der Waals surface area contributed by atoms with Gasteiger partial charge in [0.1, 0.15) is 11.5 Å². The molecule has 6 heteroatoms. The van der Waals surface area contributed by atoms with Crippen molar-refractivity contribution >= 4 is 11.8 Å². The molecule has 22 heavy (non-hydrogen) atoms. The summed E-state index contributed by atoms with van der Waals surface area (Å²) in [6.07, 6.45) is 2.57. The molecule has 1 heterocycles. The molecule has 2 amide bonds. The Morgan fingerprint density at radius 3 is 2.86 bits per heavy atom. The second-order valence-corrected chi connectivity index (χ2v) is 5.71. The van der Waals surface area contributed by atoms with Crippen molar-refractivity contribution in [3.05, 3.63) is 24.3 Å². The Morgan fingerprint density at radius 1 is 1.36 bits per heavy atom. The second kappa shape index (κ2) is 6.25. The fourth-order valence-corrected chi connectivity index (χ4v) is 2.68. The number of amides is 2. The van der Waals surface area contributed by atoms with Gasteiger partial charge in [0, 0.05) is 25.1 Å². The zero-order chi connectivity index (χ0) is 15.5. The van der Waals surface area contributed by atoms with E-state index in [-0.39, 0.29) is 24.5 Å². The van der Waals surface area contributed by atoms with Gasteiger partial charge in [0.15, 0.2) is 6.61 Å². The normalized spacial score (nSPS) is 20.9. The molecule has 1 aromatic carbocycles. The first kappa shape index (κ1) is 14.7. The quantitative estimate of drug-likeness (QED) is 0.850. The lowest BCUT2D eigenvalue weighted by atomic mass is 10.2. The van der Waals surface area contributed by atoms with Crippen molar-refractivity contribution in [1.82, 2.24) is 10.2 Å². The summed E-state index contributed by atoms with van der Waals surface area (Å²) >= 11 is 0. The molecule has 1 N–H and O–H groups in total. The predicted molar refractivity (Wildman–Crippen MR) is 79.8 cm³/mol. The number of nitrogens with zero attached hydrogens (tertiary/aromatic N) is 1. The maximum Gasteiger partial charge on any atom is 0.258 e. The van der Waals surface area contributed by atoms with E-state index in [1.54, 1.807) is 25.3 Å². The first-order chi connectivity index (χ1) is 10.7. The van der Waals surface area contributed by atoms with Crippen LogP contribution in [0.15, 0.2) is 24.3 Å². The molecule has 1 unspecified atom stereocenters. The SMILES string of the molecule is COc1cccc(OCC(=O)NC2CC(=O)N(C3CC3)C2)c1. The van der Waals surface area contributed by atoms with Crippen molar-refractivity contribution in [3.8, 4) is 11.5 Å². The summed E-state index contributed by atoms with van der Waals surface area (Å²) < 4.78 is 10.5. The zero-order valence-electron chi connectivity index (χ0n) is 12.6. The molecule has 118 valence electrons. The number of methoxy groups -OCH3 is 1. The molecular formula is C16H20N2O4. The van der Waals surface area contributed by atoms with Gasteiger partial charge in [-0.05, 0) is 25.0 Å². The number of carbonyl (C=O) groups excluding carboxylic acids is 2. The lowest BCUT2D eigenvalue weighted by Crippen LogP contribution is -2.40. The minimum Gasteiger partial charge on any atom is -0.497 e. The Bertz CT molecular complexity index is 571. The van der Waals surface area contributed by atoms with Crippen LogP contribution in [0, 0.1) is 0 Å². The molecule has 3 rings (SSSR count). The van der Waals surface area contributed by atoms with Gasteiger partial charge in [-0.2, -0.15) is 0 Å². The maximum absolute atomic E-state index is 11.9. The van der Waals surface area contributed by atoms with E-state index in [1.165, 1.54) is 0 Å². The highest BCUT2D eigenvalue weighted by Gasteiger charge is 2.39. The van der Waals surface area contributed by atoms with E-state index in [0.717, 1.165) is 12.8 Å². The van der Waals surface area contributed by atoms with Crippen LogP contribution in [0.4, 0.5) is 0 Å². The lowest BCUT2D eigenvalue weighted by molar-refractivity contribution is -0.128. The van der Waals surface area contributed by atoms with Crippen LogP contribution in [0.5, 0.6) is 11.5 Å². The first-order valence-electron chi connectivity index (χ1n) is 7.51. The van der Waals surface area contributed by atoms with Gasteiger partial charge >= 0.3 is 0 Å². The number of hydrogen-bond donors (Lipinski definition) is 1. The standard InChI is InChI=1S/C16H20N2O4/c1-21-13-3-2-4-14(8-13)22-10-15(19)17-11-7-16(20)18(9-11)12-5-6-12/h2-4,8,11-12H,5-7,9-10H2,1H3,(H,17,19). The van der Waals surface area contributed by atoms with Crippen LogP contribution in [0.1, 0.15) is 19.3 Å². The number of likely N-dealkylation sites (tertiary alicyclic amines) is 1. The van der Waals surface area contributed by atoms with Crippen LogP contribution in [0.2, 0.25) is 0 Å². The van der Waals surface area contributed by atoms with Crippen LogP contribution in [0.25, 0.3) is 0 Å². The predicted octanol–water partition coefficient (Wildman–Crippen LogP) is 0.953. The zero-order valence-corrected chi connectivity index (χ0v) is 12.6. The Hall–Kier alpha value is -2.24. The van der Waals surface area contributed by atoms with Crippen molar-refractivity contribution in [2.24, 2.45) is 0 Å². The first-order valence-corrected chi connectivity index (χ1v) is 7.51. The van der Waals surface area contributed by atoms with Crippen LogP contribution in [-0.4, -0.2) is 49.1 Å². The van der Waals surface area contributed by atoms with Gasteiger partial charge in [0.25, 0.3) is 5.91 Å². The summed E-state index contributed by atoms with van der Waals surface area (Å²) in [5.41, 5.74) is 0. The summed E-state index contributed by atoms with van der Waals surface area (Å²) in [7, 11) is 1.58. The van der Waals surface area contributed by atoms with Crippen LogP contribution in [-0.2, 0) is 9.59 Å². The highest BCUT2D eigenvalue weighted by molar-refractivity contribution is 5.83. The van der Waals surface area contributed by atoms with Crippen LogP contribution >= 0.6 is 0 Å². The molecule has 1 saturated heterocycles. The van der Waals surface area contributed by atoms with Crippen molar-refractivity contribution < 1.29 is 19.1 Å². The molecule has 1 aliphatic heterocycles. The fraction of sp³-hybridized carbons (Fsp3) is 0.500. The number of nitrogens with one attached hydrogen (secondary N) is 1. The van der Waals surface area contributed by atoms with Gasteiger partial charge < -0.3 is 19.7 Å². The molecule has 2 fully saturated rings. The highest BCUT2D eigenvalue weighted by Crippen LogP contribution is 2.30. The molecule has 1 aliphatic carbocycles. The summed E-state index contributed by atoms with van der Waals surface area (Å²) in [6.45, 7) is 0.551. The molecule has 2 aliphatic rings. The third-order valence-electron chi connectivity index (χ3n) is 3.92. The summed E-state index contributed by atoms with van der Waals surface area (Å²) in [4.78, 5) is 25.6. The minimum atomic E-state index is -0.210. The molecule has 0 radical (unpaired) electrons. The topological polar surface area (TPSA) is 67.9 Å². The highest BCUT2D eigenvalue weighted by atomic mass is 16.5. The summed E-state index contributed by atoms with van der Waals surface area (Å²) in [6, 6.07) is 7.40. The molecule has 1 atom stereocenters. The number of ether oxygens (including phenoxy) is 2. The molecule has 6 nitrogen and oxygen atoms in total. The van der Waals surface area contributed by atoms with Crippen molar-refractivity contribution in [3.63, 3.8) is 0 Å². The van der Waals surface area contributed by atoms with E-state index in [4.69, 9.17) is 9.47 Å². The average molecular weight is 304 g/mol. The molecule has 0 spiro atoms. The Balaban J connectivity index is 1.45. The third kappa shape index (κ3) is 3.50. The summed E-state index contributed by atoms with van der Waals surface area (Å²) in [5.74, 6) is 1.19. The van der Waals surface area contributed by atoms with Crippen molar-refractivity contribution in [2.75, 3.05) is 20.3 Å². The van der Waals surface area contributed by atoms with Gasteiger partial charge in [-0.25, -0.2) is 0 Å². The van der Waals surface area contributed by atoms with Crippen molar-refractivity contribution in [1.29, 1.82) is 0 Å². The molecule has 0 bridgehead atoms. The number of benzene rings is 1. The average Bonchev–Trinajstić information content (AvgIpc) is 3.29. The molecule has 1 saturated carbocycles. The van der Waals surface area contributed by atoms with Gasteiger partial charge in [0.2, 0.25) is 5.91 Å². The Morgan fingerprint density at radius 2 is 2.14 bits per heavy atom. The lowest BCUT2D eigenvalue weighted by Gasteiger charge is -2.16. The molecule has 0 aromatic heterocycles. The number of rotatable bonds is 6. The minimum absolute atomic E-state index is 0.0682. The Labute approximate surface area is 129 Å². The van der Waals surface area contributed by atoms with Gasteiger partial charge in [-0.3, -0.25) is 9.59 Å². The molecule has 1 aromatic rings. The van der Waals surface area contributed by atoms with Crippen LogP contribution < -0.4 is 14.8 Å².